The smallest absolute Gasteiger partial charge is 0.320 e. The van der Waals surface area contributed by atoms with E-state index in [-0.39, 0.29) is 18.0 Å². The van der Waals surface area contributed by atoms with Crippen LogP contribution in [0, 0.1) is 0 Å². The van der Waals surface area contributed by atoms with Gasteiger partial charge in [0.15, 0.2) is 0 Å². The van der Waals surface area contributed by atoms with E-state index in [9.17, 15) is 9.59 Å². The zero-order valence-electron chi connectivity index (χ0n) is 15.6. The van der Waals surface area contributed by atoms with E-state index in [1.807, 2.05) is 53.1 Å². The van der Waals surface area contributed by atoms with Crippen LogP contribution in [0.25, 0.3) is 0 Å². The first-order chi connectivity index (χ1) is 12.6. The number of amides is 3. The van der Waals surface area contributed by atoms with E-state index in [2.05, 4.69) is 5.32 Å². The summed E-state index contributed by atoms with van der Waals surface area (Å²) in [7, 11) is 3.86. The summed E-state index contributed by atoms with van der Waals surface area (Å²) >= 11 is 0. The summed E-state index contributed by atoms with van der Waals surface area (Å²) in [4.78, 5) is 30.9. The number of piperidine rings is 1. The number of nitrogens with one attached hydrogen (secondary N) is 1. The fraction of sp³-hybridized carbons (Fsp3) is 0.579. The van der Waals surface area contributed by atoms with Crippen molar-refractivity contribution in [2.45, 2.75) is 18.9 Å². The van der Waals surface area contributed by atoms with E-state index in [1.165, 1.54) is 0 Å². The van der Waals surface area contributed by atoms with Crippen LogP contribution in [0.4, 0.5) is 10.5 Å². The van der Waals surface area contributed by atoms with Crippen LogP contribution in [-0.4, -0.2) is 81.3 Å². The Kier molecular flexibility index (Phi) is 5.98. The summed E-state index contributed by atoms with van der Waals surface area (Å²) < 4.78 is 5.30. The number of nitrogens with zero attached hydrogens (tertiary/aromatic N) is 3. The molecule has 1 aromatic carbocycles. The summed E-state index contributed by atoms with van der Waals surface area (Å²) in [5, 5.41) is 3.13. The van der Waals surface area contributed by atoms with E-state index < -0.39 is 0 Å². The molecule has 1 aromatic rings. The van der Waals surface area contributed by atoms with Gasteiger partial charge in [-0.3, -0.25) is 4.79 Å². The number of hydrogen-bond donors (Lipinski definition) is 1. The number of likely N-dealkylation sites (tertiary alicyclic amines) is 1. The first kappa shape index (κ1) is 18.5. The highest BCUT2D eigenvalue weighted by Crippen LogP contribution is 2.19. The van der Waals surface area contributed by atoms with Gasteiger partial charge < -0.3 is 24.8 Å². The number of carbonyl (C=O) groups is 2. The molecular weight excluding hydrogens is 332 g/mol. The molecule has 3 amide bonds. The Hall–Kier alpha value is -2.28. The van der Waals surface area contributed by atoms with E-state index in [0.29, 0.717) is 45.0 Å². The molecule has 0 spiro atoms. The van der Waals surface area contributed by atoms with Crippen molar-refractivity contribution in [3.05, 3.63) is 29.8 Å². The molecular formula is C19H28N4O3. The number of para-hydroxylation sites is 1. The highest BCUT2D eigenvalue weighted by molar-refractivity contribution is 5.99. The van der Waals surface area contributed by atoms with Crippen LogP contribution in [0.2, 0.25) is 0 Å². The van der Waals surface area contributed by atoms with Gasteiger partial charge in [0, 0.05) is 52.0 Å². The average molecular weight is 360 g/mol. The van der Waals surface area contributed by atoms with Crippen LogP contribution < -0.4 is 10.2 Å². The predicted molar refractivity (Wildman–Crippen MR) is 101 cm³/mol. The van der Waals surface area contributed by atoms with Gasteiger partial charge in [-0.2, -0.15) is 0 Å². The molecule has 0 atom stereocenters. The molecule has 0 radical (unpaired) electrons. The second kappa shape index (κ2) is 8.40. The van der Waals surface area contributed by atoms with Crippen molar-refractivity contribution in [2.24, 2.45) is 0 Å². The molecule has 0 bridgehead atoms. The monoisotopic (exact) mass is 360 g/mol. The van der Waals surface area contributed by atoms with Gasteiger partial charge in [-0.1, -0.05) is 12.1 Å². The van der Waals surface area contributed by atoms with Crippen LogP contribution >= 0.6 is 0 Å². The Balaban J connectivity index is 1.52. The van der Waals surface area contributed by atoms with Gasteiger partial charge in [-0.05, 0) is 25.0 Å². The number of ether oxygens (including phenoxy) is 1. The topological polar surface area (TPSA) is 65.1 Å². The Bertz CT molecular complexity index is 635. The van der Waals surface area contributed by atoms with Crippen molar-refractivity contribution in [1.29, 1.82) is 0 Å². The molecule has 2 heterocycles. The Morgan fingerprint density at radius 3 is 2.31 bits per heavy atom. The first-order valence-corrected chi connectivity index (χ1v) is 9.25. The highest BCUT2D eigenvalue weighted by Gasteiger charge is 2.28. The van der Waals surface area contributed by atoms with E-state index >= 15 is 0 Å². The number of anilines is 1. The lowest BCUT2D eigenvalue weighted by Gasteiger charge is -2.37. The highest BCUT2D eigenvalue weighted by atomic mass is 16.5. The van der Waals surface area contributed by atoms with Gasteiger partial charge in [0.25, 0.3) is 5.91 Å². The van der Waals surface area contributed by atoms with Gasteiger partial charge in [0.05, 0.1) is 18.8 Å². The number of benzene rings is 1. The third-order valence-electron chi connectivity index (χ3n) is 5.01. The molecule has 26 heavy (non-hydrogen) atoms. The number of hydrogen-bond acceptors (Lipinski definition) is 4. The van der Waals surface area contributed by atoms with E-state index in [0.717, 1.165) is 18.5 Å². The zero-order chi connectivity index (χ0) is 18.5. The predicted octanol–water partition coefficient (Wildman–Crippen LogP) is 1.40. The average Bonchev–Trinajstić information content (AvgIpc) is 2.68. The summed E-state index contributed by atoms with van der Waals surface area (Å²) in [6, 6.07) is 7.80. The maximum Gasteiger partial charge on any atom is 0.320 e. The van der Waals surface area contributed by atoms with Crippen LogP contribution in [0.15, 0.2) is 24.3 Å². The number of urea groups is 1. The molecule has 2 saturated heterocycles. The Labute approximate surface area is 154 Å². The molecule has 0 aromatic heterocycles. The SMILES string of the molecule is CN(C)c1ccccc1C(=O)NC1CCN(C(=O)N2CCOCC2)CC1. The van der Waals surface area contributed by atoms with Crippen LogP contribution in [0.1, 0.15) is 23.2 Å². The molecule has 7 nitrogen and oxygen atoms in total. The van der Waals surface area contributed by atoms with Crippen LogP contribution in [0.5, 0.6) is 0 Å². The van der Waals surface area contributed by atoms with E-state index in [4.69, 9.17) is 4.74 Å². The minimum atomic E-state index is -0.0488. The summed E-state index contributed by atoms with van der Waals surface area (Å²) in [6.45, 7) is 3.91. The fourth-order valence-corrected chi connectivity index (χ4v) is 3.49. The van der Waals surface area contributed by atoms with Crippen molar-refractivity contribution in [1.82, 2.24) is 15.1 Å². The third kappa shape index (κ3) is 4.27. The minimum absolute atomic E-state index is 0.0488. The van der Waals surface area contributed by atoms with Gasteiger partial charge in [0.2, 0.25) is 0 Å². The van der Waals surface area contributed by atoms with Crippen molar-refractivity contribution in [3.63, 3.8) is 0 Å². The van der Waals surface area contributed by atoms with Gasteiger partial charge in [0.1, 0.15) is 0 Å². The van der Waals surface area contributed by atoms with E-state index in [1.54, 1.807) is 0 Å². The van der Waals surface area contributed by atoms with Gasteiger partial charge in [-0.15, -0.1) is 0 Å². The molecule has 3 rings (SSSR count). The minimum Gasteiger partial charge on any atom is -0.378 e. The second-order valence-electron chi connectivity index (χ2n) is 7.03. The zero-order valence-corrected chi connectivity index (χ0v) is 15.6. The maximum absolute atomic E-state index is 12.7. The molecule has 2 fully saturated rings. The molecule has 0 saturated carbocycles. The molecule has 7 heteroatoms. The van der Waals surface area contributed by atoms with Crippen molar-refractivity contribution in [3.8, 4) is 0 Å². The van der Waals surface area contributed by atoms with Gasteiger partial charge in [-0.25, -0.2) is 4.79 Å². The number of morpholine rings is 1. The number of carbonyl (C=O) groups excluding carboxylic acids is 2. The van der Waals surface area contributed by atoms with Crippen LogP contribution in [0.3, 0.4) is 0 Å². The van der Waals surface area contributed by atoms with Crippen LogP contribution in [-0.2, 0) is 4.74 Å². The summed E-state index contributed by atoms with van der Waals surface area (Å²) in [6.07, 6.45) is 1.57. The van der Waals surface area contributed by atoms with Crippen molar-refractivity contribution < 1.29 is 14.3 Å². The fourth-order valence-electron chi connectivity index (χ4n) is 3.49. The third-order valence-corrected chi connectivity index (χ3v) is 5.01. The van der Waals surface area contributed by atoms with Gasteiger partial charge >= 0.3 is 6.03 Å². The summed E-state index contributed by atoms with van der Waals surface area (Å²) in [5.41, 5.74) is 1.59. The maximum atomic E-state index is 12.7. The lowest BCUT2D eigenvalue weighted by atomic mass is 10.0. The molecule has 2 aliphatic rings. The molecule has 0 aliphatic carbocycles. The molecule has 1 N–H and O–H groups in total. The lowest BCUT2D eigenvalue weighted by Crippen LogP contribution is -2.52. The second-order valence-corrected chi connectivity index (χ2v) is 7.03. The molecule has 2 aliphatic heterocycles. The van der Waals surface area contributed by atoms with Crippen molar-refractivity contribution >= 4 is 17.6 Å². The van der Waals surface area contributed by atoms with Crippen molar-refractivity contribution in [2.75, 3.05) is 58.4 Å². The largest absolute Gasteiger partial charge is 0.378 e. The standard InChI is InChI=1S/C19H28N4O3/c1-21(2)17-6-4-3-5-16(17)18(24)20-15-7-9-22(10-8-15)19(25)23-11-13-26-14-12-23/h3-6,15H,7-14H2,1-2H3,(H,20,24). The summed E-state index contributed by atoms with van der Waals surface area (Å²) in [5.74, 6) is -0.0488. The molecule has 142 valence electrons. The quantitative estimate of drug-likeness (QED) is 0.885. The number of rotatable bonds is 3. The Morgan fingerprint density at radius 1 is 1.04 bits per heavy atom. The normalized spacial score (nSPS) is 18.5. The Morgan fingerprint density at radius 2 is 1.65 bits per heavy atom. The molecule has 0 unspecified atom stereocenters. The first-order valence-electron chi connectivity index (χ1n) is 9.25. The lowest BCUT2D eigenvalue weighted by molar-refractivity contribution is 0.0407.